The van der Waals surface area contributed by atoms with Crippen molar-refractivity contribution in [1.29, 1.82) is 0 Å². The molecule has 0 spiro atoms. The van der Waals surface area contributed by atoms with Crippen LogP contribution in [0.4, 0.5) is 10.5 Å². The largest absolute Gasteiger partial charge is 0.336 e. The molecule has 0 saturated carbocycles. The minimum Gasteiger partial charge on any atom is -0.336 e. The lowest BCUT2D eigenvalue weighted by Crippen LogP contribution is -2.34. The molecule has 0 heterocycles. The van der Waals surface area contributed by atoms with Gasteiger partial charge >= 0.3 is 6.03 Å². The lowest BCUT2D eigenvalue weighted by molar-refractivity contribution is 0.250. The smallest absolute Gasteiger partial charge is 0.319 e. The molecule has 1 atom stereocenters. The molecule has 0 aliphatic heterocycles. The van der Waals surface area contributed by atoms with Gasteiger partial charge in [0.1, 0.15) is 0 Å². The molecule has 0 aromatic heterocycles. The first-order valence-electron chi connectivity index (χ1n) is 5.87. The highest BCUT2D eigenvalue weighted by Gasteiger charge is 2.06. The molecule has 0 radical (unpaired) electrons. The number of rotatable bonds is 4. The van der Waals surface area contributed by atoms with Gasteiger partial charge in [0.25, 0.3) is 0 Å². The summed E-state index contributed by atoms with van der Waals surface area (Å²) in [7, 11) is 1.91. The zero-order valence-electron chi connectivity index (χ0n) is 10.9. The molecular formula is C13H21N3O. The van der Waals surface area contributed by atoms with E-state index in [0.717, 1.165) is 11.3 Å². The monoisotopic (exact) mass is 235 g/mol. The molecule has 1 aromatic carbocycles. The SMILES string of the molecule is CNC(C)c1cccc(NC(=O)NC(C)C)c1. The van der Waals surface area contributed by atoms with E-state index in [0.29, 0.717) is 0 Å². The number of urea groups is 1. The van der Waals surface area contributed by atoms with Crippen LogP contribution in [0.25, 0.3) is 0 Å². The Morgan fingerprint density at radius 3 is 2.53 bits per heavy atom. The molecule has 94 valence electrons. The second kappa shape index (κ2) is 6.25. The molecular weight excluding hydrogens is 214 g/mol. The van der Waals surface area contributed by atoms with E-state index in [1.54, 1.807) is 0 Å². The van der Waals surface area contributed by atoms with Gasteiger partial charge in [0, 0.05) is 17.8 Å². The molecule has 0 aliphatic rings. The van der Waals surface area contributed by atoms with E-state index in [4.69, 9.17) is 0 Å². The number of carbonyl (C=O) groups excluding carboxylic acids is 1. The van der Waals surface area contributed by atoms with Crippen LogP contribution in [0.2, 0.25) is 0 Å². The average Bonchev–Trinajstić information content (AvgIpc) is 2.27. The normalized spacial score (nSPS) is 12.3. The van der Waals surface area contributed by atoms with E-state index >= 15 is 0 Å². The van der Waals surface area contributed by atoms with Crippen LogP contribution in [0, 0.1) is 0 Å². The van der Waals surface area contributed by atoms with Crippen LogP contribution in [-0.2, 0) is 0 Å². The van der Waals surface area contributed by atoms with Crippen molar-refractivity contribution in [2.75, 3.05) is 12.4 Å². The van der Waals surface area contributed by atoms with Gasteiger partial charge in [-0.3, -0.25) is 0 Å². The zero-order valence-corrected chi connectivity index (χ0v) is 10.9. The summed E-state index contributed by atoms with van der Waals surface area (Å²) in [4.78, 5) is 11.5. The van der Waals surface area contributed by atoms with Crippen molar-refractivity contribution in [3.8, 4) is 0 Å². The molecule has 2 amide bonds. The standard InChI is InChI=1S/C13H21N3O/c1-9(2)15-13(17)16-12-7-5-6-11(8-12)10(3)14-4/h5-10,14H,1-4H3,(H2,15,16,17). The maximum Gasteiger partial charge on any atom is 0.319 e. The maximum atomic E-state index is 11.5. The molecule has 4 heteroatoms. The number of hydrogen-bond acceptors (Lipinski definition) is 2. The third-order valence-corrected chi connectivity index (χ3v) is 2.50. The second-order valence-corrected chi connectivity index (χ2v) is 4.39. The van der Waals surface area contributed by atoms with Crippen molar-refractivity contribution < 1.29 is 4.79 Å². The summed E-state index contributed by atoms with van der Waals surface area (Å²) in [6, 6.07) is 8.06. The second-order valence-electron chi connectivity index (χ2n) is 4.39. The van der Waals surface area contributed by atoms with Gasteiger partial charge in [-0.2, -0.15) is 0 Å². The van der Waals surface area contributed by atoms with E-state index < -0.39 is 0 Å². The predicted octanol–water partition coefficient (Wildman–Crippen LogP) is 2.50. The van der Waals surface area contributed by atoms with Crippen LogP contribution in [0.15, 0.2) is 24.3 Å². The van der Waals surface area contributed by atoms with Crippen molar-refractivity contribution in [3.05, 3.63) is 29.8 Å². The van der Waals surface area contributed by atoms with Crippen molar-refractivity contribution in [2.24, 2.45) is 0 Å². The molecule has 1 rings (SSSR count). The Balaban J connectivity index is 2.69. The Kier molecular flexibility index (Phi) is 4.97. The fraction of sp³-hybridized carbons (Fsp3) is 0.462. The number of nitrogens with one attached hydrogen (secondary N) is 3. The lowest BCUT2D eigenvalue weighted by atomic mass is 10.1. The van der Waals surface area contributed by atoms with E-state index in [2.05, 4.69) is 22.9 Å². The van der Waals surface area contributed by atoms with Gasteiger partial charge in [-0.25, -0.2) is 4.79 Å². The van der Waals surface area contributed by atoms with Crippen LogP contribution < -0.4 is 16.0 Å². The zero-order chi connectivity index (χ0) is 12.8. The summed E-state index contributed by atoms with van der Waals surface area (Å²) in [6.45, 7) is 5.94. The molecule has 3 N–H and O–H groups in total. The molecule has 0 bridgehead atoms. The summed E-state index contributed by atoms with van der Waals surface area (Å²) < 4.78 is 0. The maximum absolute atomic E-state index is 11.5. The minimum atomic E-state index is -0.172. The Morgan fingerprint density at radius 2 is 1.94 bits per heavy atom. The number of hydrogen-bond donors (Lipinski definition) is 3. The van der Waals surface area contributed by atoms with E-state index in [-0.39, 0.29) is 18.1 Å². The third kappa shape index (κ3) is 4.44. The van der Waals surface area contributed by atoms with E-state index in [1.165, 1.54) is 0 Å². The Labute approximate surface area is 103 Å². The van der Waals surface area contributed by atoms with Crippen molar-refractivity contribution in [3.63, 3.8) is 0 Å². The molecule has 4 nitrogen and oxygen atoms in total. The van der Waals surface area contributed by atoms with Crippen molar-refractivity contribution in [2.45, 2.75) is 32.9 Å². The molecule has 0 saturated heterocycles. The van der Waals surface area contributed by atoms with Crippen molar-refractivity contribution >= 4 is 11.7 Å². The third-order valence-electron chi connectivity index (χ3n) is 2.50. The summed E-state index contributed by atoms with van der Waals surface area (Å²) in [5.74, 6) is 0. The highest BCUT2D eigenvalue weighted by molar-refractivity contribution is 5.89. The quantitative estimate of drug-likeness (QED) is 0.751. The number of anilines is 1. The van der Waals surface area contributed by atoms with Gasteiger partial charge < -0.3 is 16.0 Å². The van der Waals surface area contributed by atoms with E-state index in [1.807, 2.05) is 45.2 Å². The fourth-order valence-corrected chi connectivity index (χ4v) is 1.48. The highest BCUT2D eigenvalue weighted by atomic mass is 16.2. The Bertz CT molecular complexity index is 377. The molecule has 0 fully saturated rings. The van der Waals surface area contributed by atoms with Gasteiger partial charge in [0.05, 0.1) is 0 Å². The van der Waals surface area contributed by atoms with E-state index in [9.17, 15) is 4.79 Å². The van der Waals surface area contributed by atoms with Crippen LogP contribution in [0.5, 0.6) is 0 Å². The highest BCUT2D eigenvalue weighted by Crippen LogP contribution is 2.16. The number of benzene rings is 1. The topological polar surface area (TPSA) is 53.2 Å². The van der Waals surface area contributed by atoms with Gasteiger partial charge in [-0.05, 0) is 45.5 Å². The van der Waals surface area contributed by atoms with Crippen LogP contribution in [0.3, 0.4) is 0 Å². The summed E-state index contributed by atoms with van der Waals surface area (Å²) >= 11 is 0. The van der Waals surface area contributed by atoms with Crippen LogP contribution in [0.1, 0.15) is 32.4 Å². The molecule has 1 aromatic rings. The molecule has 17 heavy (non-hydrogen) atoms. The fourth-order valence-electron chi connectivity index (χ4n) is 1.48. The number of carbonyl (C=O) groups is 1. The first kappa shape index (κ1) is 13.5. The minimum absolute atomic E-state index is 0.134. The summed E-state index contributed by atoms with van der Waals surface area (Å²) in [6.07, 6.45) is 0. The molecule has 0 aliphatic carbocycles. The van der Waals surface area contributed by atoms with Gasteiger partial charge in [-0.1, -0.05) is 12.1 Å². The average molecular weight is 235 g/mol. The first-order chi connectivity index (χ1) is 8.02. The predicted molar refractivity (Wildman–Crippen MR) is 71.2 cm³/mol. The summed E-state index contributed by atoms with van der Waals surface area (Å²) in [5, 5.41) is 8.77. The first-order valence-corrected chi connectivity index (χ1v) is 5.87. The van der Waals surface area contributed by atoms with Gasteiger partial charge in [0.2, 0.25) is 0 Å². The lowest BCUT2D eigenvalue weighted by Gasteiger charge is -2.14. The summed E-state index contributed by atoms with van der Waals surface area (Å²) in [5.41, 5.74) is 1.96. The Morgan fingerprint density at radius 1 is 1.24 bits per heavy atom. The Hall–Kier alpha value is -1.55. The van der Waals surface area contributed by atoms with Gasteiger partial charge in [0.15, 0.2) is 0 Å². The van der Waals surface area contributed by atoms with Crippen LogP contribution in [-0.4, -0.2) is 19.1 Å². The van der Waals surface area contributed by atoms with Gasteiger partial charge in [-0.15, -0.1) is 0 Å². The number of amides is 2. The molecule has 1 unspecified atom stereocenters. The van der Waals surface area contributed by atoms with Crippen molar-refractivity contribution in [1.82, 2.24) is 10.6 Å². The van der Waals surface area contributed by atoms with Crippen LogP contribution >= 0.6 is 0 Å².